The number of hydrogen-bond acceptors (Lipinski definition) is 2. The molecule has 1 unspecified atom stereocenters. The lowest BCUT2D eigenvalue weighted by Gasteiger charge is -2.09. The third-order valence-corrected chi connectivity index (χ3v) is 5.10. The predicted octanol–water partition coefficient (Wildman–Crippen LogP) is 7.08. The van der Waals surface area contributed by atoms with Crippen LogP contribution in [0.15, 0.2) is 42.6 Å². The van der Waals surface area contributed by atoms with Gasteiger partial charge in [-0.15, -0.1) is 0 Å². The van der Waals surface area contributed by atoms with Crippen molar-refractivity contribution in [3.63, 3.8) is 0 Å². The smallest absolute Gasteiger partial charge is 0.119 e. The summed E-state index contributed by atoms with van der Waals surface area (Å²) in [5.74, 6) is 1.79. The van der Waals surface area contributed by atoms with E-state index in [1.807, 2.05) is 6.20 Å². The fraction of sp³-hybridized carbons (Fsp3) is 0.542. The molecule has 0 radical (unpaired) electrons. The quantitative estimate of drug-likeness (QED) is 0.380. The average Bonchev–Trinajstić information content (AvgIpc) is 2.69. The molecule has 142 valence electrons. The number of unbranched alkanes of at least 4 members (excludes halogenated alkanes) is 3. The Morgan fingerprint density at radius 1 is 0.923 bits per heavy atom. The molecule has 2 rings (SSSR count). The summed E-state index contributed by atoms with van der Waals surface area (Å²) in [6, 6.07) is 12.7. The van der Waals surface area contributed by atoms with Crippen molar-refractivity contribution < 1.29 is 4.74 Å². The van der Waals surface area contributed by atoms with E-state index in [0.29, 0.717) is 0 Å². The normalized spacial score (nSPS) is 12.1. The van der Waals surface area contributed by atoms with Crippen molar-refractivity contribution >= 4 is 0 Å². The molecule has 0 N–H and O–H groups in total. The largest absolute Gasteiger partial charge is 0.494 e. The lowest BCUT2D eigenvalue weighted by Crippen LogP contribution is -1.99. The number of benzene rings is 1. The summed E-state index contributed by atoms with van der Waals surface area (Å²) in [5.41, 5.74) is 3.51. The van der Waals surface area contributed by atoms with Gasteiger partial charge < -0.3 is 4.74 Å². The van der Waals surface area contributed by atoms with E-state index in [2.05, 4.69) is 62.2 Å². The van der Waals surface area contributed by atoms with E-state index < -0.39 is 0 Å². The monoisotopic (exact) mass is 353 g/mol. The fourth-order valence-electron chi connectivity index (χ4n) is 3.03. The molecule has 2 nitrogen and oxygen atoms in total. The maximum Gasteiger partial charge on any atom is 0.119 e. The lowest BCUT2D eigenvalue weighted by molar-refractivity contribution is 0.300. The second-order valence-corrected chi connectivity index (χ2v) is 7.39. The molecule has 0 aliphatic carbocycles. The Morgan fingerprint density at radius 3 is 2.38 bits per heavy atom. The number of nitrogens with zero attached hydrogens (tertiary/aromatic N) is 1. The summed E-state index contributed by atoms with van der Waals surface area (Å²) in [6.07, 6.45) is 11.9. The van der Waals surface area contributed by atoms with Crippen LogP contribution in [0.3, 0.4) is 0 Å². The van der Waals surface area contributed by atoms with E-state index in [0.717, 1.165) is 42.4 Å². The van der Waals surface area contributed by atoms with Gasteiger partial charge in [-0.1, -0.05) is 52.5 Å². The van der Waals surface area contributed by atoms with Gasteiger partial charge >= 0.3 is 0 Å². The highest BCUT2D eigenvalue weighted by molar-refractivity contribution is 5.60. The molecule has 2 aromatic rings. The molecule has 2 heteroatoms. The van der Waals surface area contributed by atoms with Crippen LogP contribution in [0.2, 0.25) is 0 Å². The highest BCUT2D eigenvalue weighted by Crippen LogP contribution is 2.21. The standard InChI is InChI=1S/C24H35NO/c1-4-6-7-11-21-12-17-24(25-19-21)22-13-15-23(16-14-22)26-18-9-8-10-20(3)5-2/h12-17,19-20H,4-11,18H2,1-3H3. The van der Waals surface area contributed by atoms with Crippen molar-refractivity contribution in [3.8, 4) is 17.0 Å². The second-order valence-electron chi connectivity index (χ2n) is 7.39. The van der Waals surface area contributed by atoms with Gasteiger partial charge in [0.2, 0.25) is 0 Å². The molecular weight excluding hydrogens is 318 g/mol. The minimum absolute atomic E-state index is 0.806. The van der Waals surface area contributed by atoms with Gasteiger partial charge in [0, 0.05) is 11.8 Å². The number of pyridine rings is 1. The maximum atomic E-state index is 5.87. The first-order valence-corrected chi connectivity index (χ1v) is 10.4. The van der Waals surface area contributed by atoms with Gasteiger partial charge in [0.05, 0.1) is 12.3 Å². The number of ether oxygens (including phenoxy) is 1. The molecule has 0 saturated carbocycles. The molecule has 0 aliphatic rings. The van der Waals surface area contributed by atoms with E-state index in [4.69, 9.17) is 4.74 Å². The van der Waals surface area contributed by atoms with Gasteiger partial charge in [-0.05, 0) is 67.5 Å². The van der Waals surface area contributed by atoms with E-state index in [-0.39, 0.29) is 0 Å². The van der Waals surface area contributed by atoms with Crippen LogP contribution < -0.4 is 4.74 Å². The van der Waals surface area contributed by atoms with E-state index in [1.165, 1.54) is 44.1 Å². The highest BCUT2D eigenvalue weighted by atomic mass is 16.5. The van der Waals surface area contributed by atoms with Crippen LogP contribution in [-0.4, -0.2) is 11.6 Å². The molecule has 0 saturated heterocycles. The van der Waals surface area contributed by atoms with E-state index >= 15 is 0 Å². The molecule has 0 fully saturated rings. The fourth-order valence-corrected chi connectivity index (χ4v) is 3.03. The number of aromatic nitrogens is 1. The Kier molecular flexibility index (Phi) is 9.23. The van der Waals surface area contributed by atoms with Gasteiger partial charge in [-0.2, -0.15) is 0 Å². The lowest BCUT2D eigenvalue weighted by atomic mass is 10.0. The van der Waals surface area contributed by atoms with Crippen molar-refractivity contribution in [3.05, 3.63) is 48.2 Å². The molecule has 0 bridgehead atoms. The van der Waals surface area contributed by atoms with Crippen molar-refractivity contribution in [2.24, 2.45) is 5.92 Å². The maximum absolute atomic E-state index is 5.87. The van der Waals surface area contributed by atoms with Gasteiger partial charge in [-0.3, -0.25) is 4.98 Å². The Morgan fingerprint density at radius 2 is 1.73 bits per heavy atom. The van der Waals surface area contributed by atoms with Gasteiger partial charge in [0.1, 0.15) is 5.75 Å². The summed E-state index contributed by atoms with van der Waals surface area (Å²) >= 11 is 0. The van der Waals surface area contributed by atoms with Gasteiger partial charge in [0.15, 0.2) is 0 Å². The molecule has 1 atom stereocenters. The first-order chi connectivity index (χ1) is 12.7. The Labute approximate surface area is 160 Å². The first kappa shape index (κ1) is 20.5. The number of hydrogen-bond donors (Lipinski definition) is 0. The van der Waals surface area contributed by atoms with Gasteiger partial charge in [0.25, 0.3) is 0 Å². The van der Waals surface area contributed by atoms with E-state index in [9.17, 15) is 0 Å². The molecule has 1 aromatic heterocycles. The zero-order valence-electron chi connectivity index (χ0n) is 16.8. The zero-order valence-corrected chi connectivity index (χ0v) is 16.8. The SMILES string of the molecule is CCCCCc1ccc(-c2ccc(OCCCCC(C)CC)cc2)nc1. The Bertz CT molecular complexity index is 603. The second kappa shape index (κ2) is 11.7. The summed E-state index contributed by atoms with van der Waals surface area (Å²) < 4.78 is 5.87. The van der Waals surface area contributed by atoms with Crippen molar-refractivity contribution in [2.45, 2.75) is 72.1 Å². The van der Waals surface area contributed by atoms with Gasteiger partial charge in [-0.25, -0.2) is 0 Å². The topological polar surface area (TPSA) is 22.1 Å². The zero-order chi connectivity index (χ0) is 18.6. The summed E-state index contributed by atoms with van der Waals surface area (Å²) in [7, 11) is 0. The van der Waals surface area contributed by atoms with E-state index in [1.54, 1.807) is 0 Å². The molecule has 0 aliphatic heterocycles. The number of aryl methyl sites for hydroxylation is 1. The summed E-state index contributed by atoms with van der Waals surface area (Å²) in [6.45, 7) is 7.63. The molecule has 26 heavy (non-hydrogen) atoms. The third-order valence-electron chi connectivity index (χ3n) is 5.10. The van der Waals surface area contributed by atoms with Crippen molar-refractivity contribution in [2.75, 3.05) is 6.61 Å². The molecule has 1 aromatic carbocycles. The highest BCUT2D eigenvalue weighted by Gasteiger charge is 2.02. The van der Waals surface area contributed by atoms with Crippen LogP contribution in [-0.2, 0) is 6.42 Å². The molecular formula is C24H35NO. The van der Waals surface area contributed by atoms with Crippen LogP contribution >= 0.6 is 0 Å². The predicted molar refractivity (Wildman–Crippen MR) is 112 cm³/mol. The molecule has 0 amide bonds. The first-order valence-electron chi connectivity index (χ1n) is 10.4. The van der Waals surface area contributed by atoms with Crippen LogP contribution in [0.4, 0.5) is 0 Å². The Balaban J connectivity index is 1.77. The Hall–Kier alpha value is -1.83. The number of rotatable bonds is 12. The van der Waals surface area contributed by atoms with Crippen LogP contribution in [0.5, 0.6) is 5.75 Å². The van der Waals surface area contributed by atoms with Crippen molar-refractivity contribution in [1.82, 2.24) is 4.98 Å². The van der Waals surface area contributed by atoms with Crippen LogP contribution in [0.1, 0.15) is 71.3 Å². The minimum atomic E-state index is 0.806. The van der Waals surface area contributed by atoms with Crippen LogP contribution in [0.25, 0.3) is 11.3 Å². The summed E-state index contributed by atoms with van der Waals surface area (Å²) in [5, 5.41) is 0. The molecule has 1 heterocycles. The summed E-state index contributed by atoms with van der Waals surface area (Å²) in [4.78, 5) is 4.63. The molecule has 0 spiro atoms. The van der Waals surface area contributed by atoms with Crippen molar-refractivity contribution in [1.29, 1.82) is 0 Å². The third kappa shape index (κ3) is 7.19. The average molecular weight is 354 g/mol. The van der Waals surface area contributed by atoms with Crippen LogP contribution in [0, 0.1) is 5.92 Å². The minimum Gasteiger partial charge on any atom is -0.494 e.